The third-order valence-electron chi connectivity index (χ3n) is 3.92. The molecule has 0 aromatic heterocycles. The number of nitro benzene ring substituents is 1. The summed E-state index contributed by atoms with van der Waals surface area (Å²) < 4.78 is 0. The first-order valence-electron chi connectivity index (χ1n) is 8.05. The van der Waals surface area contributed by atoms with Crippen LogP contribution >= 0.6 is 0 Å². The van der Waals surface area contributed by atoms with Crippen molar-refractivity contribution in [3.63, 3.8) is 0 Å². The molecule has 26 heavy (non-hydrogen) atoms. The fourth-order valence-electron chi connectivity index (χ4n) is 2.58. The molecule has 0 fully saturated rings. The van der Waals surface area contributed by atoms with E-state index >= 15 is 0 Å². The van der Waals surface area contributed by atoms with Crippen LogP contribution in [0.5, 0.6) is 0 Å². The van der Waals surface area contributed by atoms with Gasteiger partial charge in [0.2, 0.25) is 0 Å². The standard InChI is InChI=1S/C21H16N2O3/c1-15-11-13-17(14-12-15)20(16-7-3-2-4-8-16)22-21(24)18-9-5-6-10-19(18)23(25)26/h2-14H,1H3. The Morgan fingerprint density at radius 2 is 1.42 bits per heavy atom. The van der Waals surface area contributed by atoms with Crippen molar-refractivity contribution in [1.82, 2.24) is 0 Å². The van der Waals surface area contributed by atoms with E-state index in [-0.39, 0.29) is 11.3 Å². The van der Waals surface area contributed by atoms with E-state index in [1.165, 1.54) is 18.2 Å². The lowest BCUT2D eigenvalue weighted by Crippen LogP contribution is -2.09. The van der Waals surface area contributed by atoms with Gasteiger partial charge in [0.05, 0.1) is 10.6 Å². The molecule has 0 saturated carbocycles. The fraction of sp³-hybridized carbons (Fsp3) is 0.0476. The van der Waals surface area contributed by atoms with Crippen LogP contribution in [0.15, 0.2) is 83.9 Å². The monoisotopic (exact) mass is 344 g/mol. The Bertz CT molecular complexity index is 978. The van der Waals surface area contributed by atoms with Crippen molar-refractivity contribution < 1.29 is 9.72 Å². The van der Waals surface area contributed by atoms with Crippen molar-refractivity contribution in [3.8, 4) is 0 Å². The summed E-state index contributed by atoms with van der Waals surface area (Å²) >= 11 is 0. The van der Waals surface area contributed by atoms with Gasteiger partial charge in [0, 0.05) is 17.2 Å². The van der Waals surface area contributed by atoms with Crippen LogP contribution in [0.4, 0.5) is 5.69 Å². The van der Waals surface area contributed by atoms with E-state index in [1.807, 2.05) is 61.5 Å². The minimum absolute atomic E-state index is 0.0296. The molecule has 0 aliphatic rings. The van der Waals surface area contributed by atoms with Gasteiger partial charge in [-0.15, -0.1) is 0 Å². The third-order valence-corrected chi connectivity index (χ3v) is 3.92. The number of benzene rings is 3. The van der Waals surface area contributed by atoms with Gasteiger partial charge in [-0.2, -0.15) is 0 Å². The molecule has 0 bridgehead atoms. The smallest absolute Gasteiger partial charge is 0.266 e. The van der Waals surface area contributed by atoms with Gasteiger partial charge in [0.25, 0.3) is 11.6 Å². The lowest BCUT2D eigenvalue weighted by molar-refractivity contribution is -0.385. The average Bonchev–Trinajstić information content (AvgIpc) is 2.67. The molecule has 3 aromatic rings. The number of aliphatic imine (C=N–C) groups is 1. The molecule has 0 radical (unpaired) electrons. The van der Waals surface area contributed by atoms with Crippen molar-refractivity contribution in [3.05, 3.63) is 111 Å². The van der Waals surface area contributed by atoms with Gasteiger partial charge in [0.15, 0.2) is 0 Å². The quantitative estimate of drug-likeness (QED) is 0.395. The van der Waals surface area contributed by atoms with E-state index in [9.17, 15) is 14.9 Å². The minimum atomic E-state index is -0.642. The number of hydrogen-bond acceptors (Lipinski definition) is 3. The van der Waals surface area contributed by atoms with Crippen molar-refractivity contribution in [2.75, 3.05) is 0 Å². The van der Waals surface area contributed by atoms with E-state index in [0.717, 1.165) is 16.7 Å². The Kier molecular flexibility index (Phi) is 4.99. The summed E-state index contributed by atoms with van der Waals surface area (Å²) in [5, 5.41) is 11.2. The average molecular weight is 344 g/mol. The normalized spacial score (nSPS) is 11.2. The highest BCUT2D eigenvalue weighted by Gasteiger charge is 2.20. The van der Waals surface area contributed by atoms with Crippen LogP contribution in [0.25, 0.3) is 0 Å². The zero-order valence-corrected chi connectivity index (χ0v) is 14.1. The number of rotatable bonds is 4. The molecule has 128 valence electrons. The predicted octanol–water partition coefficient (Wildman–Crippen LogP) is 4.58. The molecule has 0 aliphatic heterocycles. The van der Waals surface area contributed by atoms with Crippen LogP contribution in [0.1, 0.15) is 27.0 Å². The highest BCUT2D eigenvalue weighted by atomic mass is 16.6. The maximum atomic E-state index is 12.7. The third kappa shape index (κ3) is 3.72. The second-order valence-electron chi connectivity index (χ2n) is 5.77. The van der Waals surface area contributed by atoms with Gasteiger partial charge in [0.1, 0.15) is 5.56 Å². The van der Waals surface area contributed by atoms with Crippen LogP contribution in [0.2, 0.25) is 0 Å². The van der Waals surface area contributed by atoms with E-state index in [2.05, 4.69) is 4.99 Å². The van der Waals surface area contributed by atoms with E-state index in [0.29, 0.717) is 5.71 Å². The van der Waals surface area contributed by atoms with Crippen molar-refractivity contribution in [2.45, 2.75) is 6.92 Å². The van der Waals surface area contributed by atoms with Crippen LogP contribution in [-0.4, -0.2) is 16.5 Å². The van der Waals surface area contributed by atoms with Crippen LogP contribution in [-0.2, 0) is 0 Å². The van der Waals surface area contributed by atoms with Gasteiger partial charge in [-0.25, -0.2) is 4.99 Å². The zero-order chi connectivity index (χ0) is 18.5. The molecule has 3 aromatic carbocycles. The highest BCUT2D eigenvalue weighted by Crippen LogP contribution is 2.20. The lowest BCUT2D eigenvalue weighted by Gasteiger charge is -2.08. The second-order valence-corrected chi connectivity index (χ2v) is 5.77. The summed E-state index contributed by atoms with van der Waals surface area (Å²) in [6, 6.07) is 22.8. The molecule has 5 heteroatoms. The van der Waals surface area contributed by atoms with E-state index in [1.54, 1.807) is 6.07 Å². The first-order valence-corrected chi connectivity index (χ1v) is 8.05. The molecule has 0 heterocycles. The number of amides is 1. The minimum Gasteiger partial charge on any atom is -0.266 e. The summed E-state index contributed by atoms with van der Waals surface area (Å²) in [7, 11) is 0. The predicted molar refractivity (Wildman–Crippen MR) is 101 cm³/mol. The molecular weight excluding hydrogens is 328 g/mol. The Labute approximate surface area is 150 Å². The highest BCUT2D eigenvalue weighted by molar-refractivity contribution is 6.19. The maximum absolute atomic E-state index is 12.7. The molecule has 1 amide bonds. The summed E-state index contributed by atoms with van der Waals surface area (Å²) in [5.41, 5.74) is 2.83. The van der Waals surface area contributed by atoms with Gasteiger partial charge >= 0.3 is 0 Å². The number of carbonyl (C=O) groups is 1. The Morgan fingerprint density at radius 3 is 2.08 bits per heavy atom. The van der Waals surface area contributed by atoms with Crippen LogP contribution in [0.3, 0.4) is 0 Å². The number of nitro groups is 1. The van der Waals surface area contributed by atoms with Crippen molar-refractivity contribution in [1.29, 1.82) is 0 Å². The number of aryl methyl sites for hydroxylation is 1. The Hall–Kier alpha value is -3.60. The molecular formula is C21H16N2O3. The van der Waals surface area contributed by atoms with Gasteiger partial charge < -0.3 is 0 Å². The van der Waals surface area contributed by atoms with Crippen LogP contribution in [0, 0.1) is 17.0 Å². The summed E-state index contributed by atoms with van der Waals surface area (Å²) in [6.45, 7) is 1.97. The fourth-order valence-corrected chi connectivity index (χ4v) is 2.58. The molecule has 0 unspecified atom stereocenters. The first-order chi connectivity index (χ1) is 12.6. The first kappa shape index (κ1) is 17.2. The Morgan fingerprint density at radius 1 is 0.846 bits per heavy atom. The summed E-state index contributed by atoms with van der Waals surface area (Å²) in [6.07, 6.45) is 0. The van der Waals surface area contributed by atoms with Gasteiger partial charge in [-0.1, -0.05) is 72.3 Å². The Balaban J connectivity index is 2.12. The number of hydrogen-bond donors (Lipinski definition) is 0. The topological polar surface area (TPSA) is 72.6 Å². The lowest BCUT2D eigenvalue weighted by atomic mass is 10.0. The molecule has 5 nitrogen and oxygen atoms in total. The van der Waals surface area contributed by atoms with E-state index < -0.39 is 10.8 Å². The van der Waals surface area contributed by atoms with Crippen molar-refractivity contribution >= 4 is 17.3 Å². The largest absolute Gasteiger partial charge is 0.284 e. The van der Waals surface area contributed by atoms with E-state index in [4.69, 9.17) is 0 Å². The SMILES string of the molecule is Cc1ccc(C(=NC(=O)c2ccccc2[N+](=O)[O-])c2ccccc2)cc1. The maximum Gasteiger partial charge on any atom is 0.284 e. The molecule has 0 N–H and O–H groups in total. The van der Waals surface area contributed by atoms with Gasteiger partial charge in [-0.3, -0.25) is 14.9 Å². The van der Waals surface area contributed by atoms with Crippen LogP contribution < -0.4 is 0 Å². The molecule has 0 atom stereocenters. The number of nitrogens with zero attached hydrogens (tertiary/aromatic N) is 2. The van der Waals surface area contributed by atoms with Crippen molar-refractivity contribution in [2.24, 2.45) is 4.99 Å². The molecule has 0 saturated heterocycles. The molecule has 3 rings (SSSR count). The second kappa shape index (κ2) is 7.53. The molecule has 0 aliphatic carbocycles. The van der Waals surface area contributed by atoms with Gasteiger partial charge in [-0.05, 0) is 13.0 Å². The number of para-hydroxylation sites is 1. The zero-order valence-electron chi connectivity index (χ0n) is 14.1. The summed E-state index contributed by atoms with van der Waals surface area (Å²) in [5.74, 6) is -0.642. The number of carbonyl (C=O) groups excluding carboxylic acids is 1. The molecule has 0 spiro atoms. The summed E-state index contributed by atoms with van der Waals surface area (Å²) in [4.78, 5) is 27.6.